The van der Waals surface area contributed by atoms with Gasteiger partial charge in [0.15, 0.2) is 0 Å². The Balaban J connectivity index is 2.39. The van der Waals surface area contributed by atoms with Crippen molar-refractivity contribution in [1.82, 2.24) is 9.97 Å². The molecule has 0 bridgehead atoms. The Morgan fingerprint density at radius 3 is 2.94 bits per heavy atom. The molecule has 0 atom stereocenters. The molecule has 0 aliphatic carbocycles. The zero-order chi connectivity index (χ0) is 12.3. The molecule has 17 heavy (non-hydrogen) atoms. The highest BCUT2D eigenvalue weighted by atomic mass is 79.9. The third-order valence-corrected chi connectivity index (χ3v) is 3.80. The zero-order valence-electron chi connectivity index (χ0n) is 9.31. The van der Waals surface area contributed by atoms with Gasteiger partial charge in [0.1, 0.15) is 5.01 Å². The minimum Gasteiger partial charge on any atom is -0.378 e. The van der Waals surface area contributed by atoms with Gasteiger partial charge in [0.2, 0.25) is 0 Å². The molecule has 2 aromatic heterocycles. The number of halogens is 1. The average Bonchev–Trinajstić information content (AvgIpc) is 2.73. The first-order valence-electron chi connectivity index (χ1n) is 5.03. The highest BCUT2D eigenvalue weighted by molar-refractivity contribution is 9.10. The molecule has 0 fully saturated rings. The monoisotopic (exact) mass is 313 g/mol. The van der Waals surface area contributed by atoms with Crippen molar-refractivity contribution >= 4 is 27.3 Å². The van der Waals surface area contributed by atoms with Gasteiger partial charge < -0.3 is 10.5 Å². The summed E-state index contributed by atoms with van der Waals surface area (Å²) in [5.74, 6) is 0. The van der Waals surface area contributed by atoms with E-state index in [1.165, 1.54) is 0 Å². The van der Waals surface area contributed by atoms with Crippen molar-refractivity contribution < 1.29 is 4.74 Å². The summed E-state index contributed by atoms with van der Waals surface area (Å²) in [5.41, 5.74) is 7.59. The number of nitrogens with zero attached hydrogens (tertiary/aromatic N) is 2. The van der Waals surface area contributed by atoms with Crippen molar-refractivity contribution in [2.75, 3.05) is 7.11 Å². The second kappa shape index (κ2) is 5.68. The highest BCUT2D eigenvalue weighted by Gasteiger charge is 2.11. The van der Waals surface area contributed by atoms with Gasteiger partial charge in [-0.05, 0) is 22.0 Å². The van der Waals surface area contributed by atoms with E-state index < -0.39 is 0 Å². The van der Waals surface area contributed by atoms with E-state index in [1.807, 2.05) is 6.07 Å². The Morgan fingerprint density at radius 2 is 2.29 bits per heavy atom. The summed E-state index contributed by atoms with van der Waals surface area (Å²) >= 11 is 4.98. The highest BCUT2D eigenvalue weighted by Crippen LogP contribution is 2.29. The van der Waals surface area contributed by atoms with Crippen LogP contribution in [0.3, 0.4) is 0 Å². The maximum Gasteiger partial charge on any atom is 0.125 e. The van der Waals surface area contributed by atoms with E-state index in [9.17, 15) is 0 Å². The number of hydrogen-bond donors (Lipinski definition) is 1. The van der Waals surface area contributed by atoms with Crippen molar-refractivity contribution in [3.63, 3.8) is 0 Å². The Kier molecular flexibility index (Phi) is 4.22. The van der Waals surface area contributed by atoms with E-state index in [1.54, 1.807) is 30.8 Å². The van der Waals surface area contributed by atoms with Gasteiger partial charge >= 0.3 is 0 Å². The molecule has 2 heterocycles. The Labute approximate surface area is 112 Å². The summed E-state index contributed by atoms with van der Waals surface area (Å²) in [6.07, 6.45) is 3.54. The Hall–Kier alpha value is -0.820. The van der Waals surface area contributed by atoms with Gasteiger partial charge in [-0.15, -0.1) is 11.3 Å². The molecule has 0 aliphatic rings. The molecular formula is C11H12BrN3OS. The standard InChI is InChI=1S/C11H12BrN3OS/c1-16-6-9-10(3-13)17-11(15-9)7-2-8(12)5-14-4-7/h2,4-5H,3,6,13H2,1H3. The molecule has 90 valence electrons. The van der Waals surface area contributed by atoms with E-state index in [0.29, 0.717) is 13.2 Å². The summed E-state index contributed by atoms with van der Waals surface area (Å²) in [4.78, 5) is 9.72. The number of hydrogen-bond acceptors (Lipinski definition) is 5. The van der Waals surface area contributed by atoms with E-state index >= 15 is 0 Å². The second-order valence-corrected chi connectivity index (χ2v) is 5.42. The second-order valence-electron chi connectivity index (χ2n) is 3.42. The maximum absolute atomic E-state index is 5.69. The van der Waals surface area contributed by atoms with Crippen LogP contribution < -0.4 is 5.73 Å². The van der Waals surface area contributed by atoms with Crippen LogP contribution in [0.15, 0.2) is 22.9 Å². The van der Waals surface area contributed by atoms with Gasteiger partial charge in [-0.1, -0.05) is 0 Å². The molecule has 6 heteroatoms. The van der Waals surface area contributed by atoms with Gasteiger partial charge in [0.05, 0.1) is 12.3 Å². The maximum atomic E-state index is 5.69. The molecule has 0 aliphatic heterocycles. The van der Waals surface area contributed by atoms with Crippen molar-refractivity contribution in [2.45, 2.75) is 13.2 Å². The van der Waals surface area contributed by atoms with Gasteiger partial charge in [-0.3, -0.25) is 4.98 Å². The largest absolute Gasteiger partial charge is 0.378 e. The molecular weight excluding hydrogens is 302 g/mol. The molecule has 4 nitrogen and oxygen atoms in total. The SMILES string of the molecule is COCc1nc(-c2cncc(Br)c2)sc1CN. The third-order valence-electron chi connectivity index (χ3n) is 2.20. The van der Waals surface area contributed by atoms with Gasteiger partial charge in [0, 0.05) is 41.0 Å². The predicted octanol–water partition coefficient (Wildman–Crippen LogP) is 2.57. The van der Waals surface area contributed by atoms with Crippen LogP contribution in [0.5, 0.6) is 0 Å². The lowest BCUT2D eigenvalue weighted by Gasteiger charge is -1.96. The van der Waals surface area contributed by atoms with E-state index in [4.69, 9.17) is 10.5 Å². The van der Waals surface area contributed by atoms with Crippen LogP contribution in [0.2, 0.25) is 0 Å². The van der Waals surface area contributed by atoms with Crippen molar-refractivity contribution in [3.8, 4) is 10.6 Å². The minimum absolute atomic E-state index is 0.484. The summed E-state index contributed by atoms with van der Waals surface area (Å²) in [7, 11) is 1.65. The molecule has 0 unspecified atom stereocenters. The minimum atomic E-state index is 0.484. The molecule has 0 aromatic carbocycles. The molecule has 0 saturated carbocycles. The summed E-state index contributed by atoms with van der Waals surface area (Å²) in [5, 5.41) is 0.923. The molecule has 0 radical (unpaired) electrons. The first-order valence-corrected chi connectivity index (χ1v) is 6.64. The van der Waals surface area contributed by atoms with Crippen molar-refractivity contribution in [1.29, 1.82) is 0 Å². The predicted molar refractivity (Wildman–Crippen MR) is 71.6 cm³/mol. The molecule has 2 N–H and O–H groups in total. The fourth-order valence-electron chi connectivity index (χ4n) is 1.44. The van der Waals surface area contributed by atoms with Crippen LogP contribution in [-0.4, -0.2) is 17.1 Å². The number of ether oxygens (including phenoxy) is 1. The first-order chi connectivity index (χ1) is 8.24. The summed E-state index contributed by atoms with van der Waals surface area (Å²) < 4.78 is 6.04. The quantitative estimate of drug-likeness (QED) is 0.942. The Bertz CT molecular complexity index is 515. The van der Waals surface area contributed by atoms with Crippen LogP contribution in [0.25, 0.3) is 10.6 Å². The van der Waals surface area contributed by atoms with Crippen molar-refractivity contribution in [2.24, 2.45) is 5.73 Å². The van der Waals surface area contributed by atoms with Crippen LogP contribution in [0, 0.1) is 0 Å². The number of aromatic nitrogens is 2. The third kappa shape index (κ3) is 2.90. The normalized spacial score (nSPS) is 10.8. The Morgan fingerprint density at radius 1 is 1.47 bits per heavy atom. The van der Waals surface area contributed by atoms with Crippen LogP contribution in [-0.2, 0) is 17.9 Å². The molecule has 0 saturated heterocycles. The smallest absolute Gasteiger partial charge is 0.125 e. The first kappa shape index (κ1) is 12.6. The van der Waals surface area contributed by atoms with E-state index in [2.05, 4.69) is 25.9 Å². The fourth-order valence-corrected chi connectivity index (χ4v) is 2.73. The lowest BCUT2D eigenvalue weighted by atomic mass is 10.3. The molecule has 2 aromatic rings. The molecule has 0 amide bonds. The van der Waals surface area contributed by atoms with E-state index in [0.717, 1.165) is 25.6 Å². The summed E-state index contributed by atoms with van der Waals surface area (Å²) in [6.45, 7) is 0.974. The van der Waals surface area contributed by atoms with Gasteiger partial charge in [-0.25, -0.2) is 4.98 Å². The average molecular weight is 314 g/mol. The van der Waals surface area contributed by atoms with Crippen LogP contribution >= 0.6 is 27.3 Å². The topological polar surface area (TPSA) is 61.0 Å². The number of pyridine rings is 1. The summed E-state index contributed by atoms with van der Waals surface area (Å²) in [6, 6.07) is 1.99. The van der Waals surface area contributed by atoms with E-state index in [-0.39, 0.29) is 0 Å². The fraction of sp³-hybridized carbons (Fsp3) is 0.273. The lowest BCUT2D eigenvalue weighted by Crippen LogP contribution is -1.99. The number of methoxy groups -OCH3 is 1. The van der Waals surface area contributed by atoms with Crippen LogP contribution in [0.4, 0.5) is 0 Å². The number of rotatable bonds is 4. The lowest BCUT2D eigenvalue weighted by molar-refractivity contribution is 0.181. The van der Waals surface area contributed by atoms with Crippen molar-refractivity contribution in [3.05, 3.63) is 33.5 Å². The van der Waals surface area contributed by atoms with Crippen LogP contribution in [0.1, 0.15) is 10.6 Å². The number of thiazole rings is 1. The number of nitrogens with two attached hydrogens (primary N) is 1. The zero-order valence-corrected chi connectivity index (χ0v) is 11.7. The molecule has 0 spiro atoms. The van der Waals surface area contributed by atoms with Gasteiger partial charge in [-0.2, -0.15) is 0 Å². The molecule has 2 rings (SSSR count). The van der Waals surface area contributed by atoms with Gasteiger partial charge in [0.25, 0.3) is 0 Å².